The number of nitro groups is 1. The number of nitrogens with zero attached hydrogens (tertiary/aromatic N) is 2. The van der Waals surface area contributed by atoms with Gasteiger partial charge < -0.3 is 10.1 Å². The van der Waals surface area contributed by atoms with Crippen LogP contribution in [0.4, 0.5) is 11.4 Å². The molecule has 98 valence electrons. The first-order valence-corrected chi connectivity index (χ1v) is 5.38. The van der Waals surface area contributed by atoms with E-state index in [0.29, 0.717) is 0 Å². The zero-order valence-electron chi connectivity index (χ0n) is 8.81. The monoisotopic (exact) mass is 303 g/mol. The highest BCUT2D eigenvalue weighted by Gasteiger charge is 2.25. The van der Waals surface area contributed by atoms with Crippen molar-refractivity contribution in [2.45, 2.75) is 0 Å². The van der Waals surface area contributed by atoms with E-state index in [4.69, 9.17) is 23.2 Å². The Hall–Kier alpha value is -2.19. The van der Waals surface area contributed by atoms with Crippen LogP contribution in [0, 0.1) is 15.0 Å². The minimum Gasteiger partial charge on any atom is -0.505 e. The van der Waals surface area contributed by atoms with Crippen molar-refractivity contribution in [1.82, 2.24) is 4.98 Å². The molecule has 0 unspecified atom stereocenters. The first-order chi connectivity index (χ1) is 8.88. The summed E-state index contributed by atoms with van der Waals surface area (Å²) in [6.45, 7) is 0. The van der Waals surface area contributed by atoms with Crippen LogP contribution in [0.2, 0.25) is 10.0 Å². The molecule has 19 heavy (non-hydrogen) atoms. The number of nitrogens with one attached hydrogen (secondary N) is 1. The Bertz CT molecular complexity index is 786. The number of benzene rings is 1. The van der Waals surface area contributed by atoms with Crippen molar-refractivity contribution >= 4 is 45.5 Å². The standard InChI is InChI=1S/C9H3Cl2N3O5/c10-2-1-3(11)7(14(18)19)5-4(2)8(15)6(13-17)9(16)12-5/h1H,(H2,12,15,16). The lowest BCUT2D eigenvalue weighted by Crippen LogP contribution is -2.07. The second kappa shape index (κ2) is 4.48. The molecule has 0 atom stereocenters. The van der Waals surface area contributed by atoms with Crippen molar-refractivity contribution in [2.75, 3.05) is 0 Å². The summed E-state index contributed by atoms with van der Waals surface area (Å²) in [6.07, 6.45) is 0. The fourth-order valence-corrected chi connectivity index (χ4v) is 2.25. The summed E-state index contributed by atoms with van der Waals surface area (Å²) < 4.78 is 0. The molecule has 2 aromatic rings. The van der Waals surface area contributed by atoms with Gasteiger partial charge in [-0.15, -0.1) is 4.91 Å². The van der Waals surface area contributed by atoms with Gasteiger partial charge in [-0.3, -0.25) is 14.9 Å². The van der Waals surface area contributed by atoms with E-state index in [1.807, 2.05) is 0 Å². The van der Waals surface area contributed by atoms with Crippen molar-refractivity contribution in [3.05, 3.63) is 41.5 Å². The Morgan fingerprint density at radius 3 is 2.53 bits per heavy atom. The van der Waals surface area contributed by atoms with Crippen molar-refractivity contribution in [1.29, 1.82) is 0 Å². The predicted molar refractivity (Wildman–Crippen MR) is 68.4 cm³/mol. The van der Waals surface area contributed by atoms with E-state index in [0.717, 1.165) is 6.07 Å². The van der Waals surface area contributed by atoms with Gasteiger partial charge in [0, 0.05) is 0 Å². The summed E-state index contributed by atoms with van der Waals surface area (Å²) in [4.78, 5) is 34.1. The van der Waals surface area contributed by atoms with Crippen LogP contribution in [0.3, 0.4) is 0 Å². The van der Waals surface area contributed by atoms with Gasteiger partial charge in [0.25, 0.3) is 5.56 Å². The zero-order chi connectivity index (χ0) is 14.3. The summed E-state index contributed by atoms with van der Waals surface area (Å²) in [5.74, 6) is -0.835. The Morgan fingerprint density at radius 2 is 2.00 bits per heavy atom. The third kappa shape index (κ3) is 1.90. The second-order valence-corrected chi connectivity index (χ2v) is 4.25. The molecule has 0 saturated heterocycles. The molecule has 1 aromatic heterocycles. The molecular weight excluding hydrogens is 301 g/mol. The summed E-state index contributed by atoms with van der Waals surface area (Å²) >= 11 is 11.5. The maximum atomic E-state index is 11.5. The van der Waals surface area contributed by atoms with Gasteiger partial charge >= 0.3 is 5.69 Å². The average molecular weight is 304 g/mol. The fourth-order valence-electron chi connectivity index (χ4n) is 1.62. The molecule has 0 spiro atoms. The highest BCUT2D eigenvalue weighted by molar-refractivity contribution is 6.40. The van der Waals surface area contributed by atoms with E-state index < -0.39 is 27.6 Å². The number of H-pyrrole nitrogens is 1. The molecule has 0 bridgehead atoms. The molecule has 2 N–H and O–H groups in total. The number of nitro benzene ring substituents is 1. The molecule has 0 fully saturated rings. The highest BCUT2D eigenvalue weighted by atomic mass is 35.5. The van der Waals surface area contributed by atoms with Gasteiger partial charge in [0.2, 0.25) is 5.69 Å². The number of halogens is 2. The predicted octanol–water partition coefficient (Wildman–Crippen LogP) is 2.85. The third-order valence-electron chi connectivity index (χ3n) is 2.39. The number of nitroso groups, excluding NO2 is 1. The first-order valence-electron chi connectivity index (χ1n) is 4.63. The lowest BCUT2D eigenvalue weighted by molar-refractivity contribution is -0.383. The number of aromatic nitrogens is 1. The molecule has 0 aliphatic heterocycles. The lowest BCUT2D eigenvalue weighted by atomic mass is 10.1. The topological polar surface area (TPSA) is 126 Å². The summed E-state index contributed by atoms with van der Waals surface area (Å²) in [5, 5.41) is 22.3. The second-order valence-electron chi connectivity index (χ2n) is 3.44. The Labute approximate surface area is 113 Å². The van der Waals surface area contributed by atoms with Gasteiger partial charge in [-0.1, -0.05) is 23.2 Å². The molecule has 1 heterocycles. The number of fused-ring (bicyclic) bond motifs is 1. The molecule has 0 aliphatic carbocycles. The SMILES string of the molecule is O=Nc1c(O)c2c(Cl)cc(Cl)c([N+](=O)[O-])c2[nH]c1=O. The van der Waals surface area contributed by atoms with Crippen molar-refractivity contribution < 1.29 is 10.0 Å². The molecule has 0 aliphatic rings. The molecule has 0 saturated carbocycles. The van der Waals surface area contributed by atoms with Crippen molar-refractivity contribution in [3.8, 4) is 5.75 Å². The Balaban J connectivity index is 3.15. The van der Waals surface area contributed by atoms with Crippen LogP contribution in [0.15, 0.2) is 16.0 Å². The van der Waals surface area contributed by atoms with E-state index in [1.165, 1.54) is 0 Å². The maximum Gasteiger partial charge on any atom is 0.312 e. The Kier molecular flexibility index (Phi) is 3.13. The maximum absolute atomic E-state index is 11.5. The first kappa shape index (κ1) is 13.2. The normalized spacial score (nSPS) is 10.6. The molecule has 2 rings (SSSR count). The van der Waals surface area contributed by atoms with Crippen LogP contribution >= 0.6 is 23.2 Å². The number of aromatic amines is 1. The molecule has 0 amide bonds. The third-order valence-corrected chi connectivity index (χ3v) is 2.98. The average Bonchev–Trinajstić information content (AvgIpc) is 2.27. The van der Waals surface area contributed by atoms with Crippen LogP contribution in [0.25, 0.3) is 10.9 Å². The smallest absolute Gasteiger partial charge is 0.312 e. The van der Waals surface area contributed by atoms with E-state index in [2.05, 4.69) is 10.2 Å². The molecular formula is C9H3Cl2N3O5. The van der Waals surface area contributed by atoms with Crippen molar-refractivity contribution in [3.63, 3.8) is 0 Å². The summed E-state index contributed by atoms with van der Waals surface area (Å²) in [5.41, 5.74) is -2.91. The highest BCUT2D eigenvalue weighted by Crippen LogP contribution is 2.42. The number of pyridine rings is 1. The molecule has 0 radical (unpaired) electrons. The lowest BCUT2D eigenvalue weighted by Gasteiger charge is -2.06. The fraction of sp³-hybridized carbons (Fsp3) is 0. The van der Waals surface area contributed by atoms with Gasteiger partial charge in [0.05, 0.1) is 15.3 Å². The Morgan fingerprint density at radius 1 is 1.37 bits per heavy atom. The van der Waals surface area contributed by atoms with E-state index in [-0.39, 0.29) is 20.9 Å². The minimum atomic E-state index is -1.08. The van der Waals surface area contributed by atoms with E-state index in [9.17, 15) is 24.9 Å². The van der Waals surface area contributed by atoms with E-state index >= 15 is 0 Å². The van der Waals surface area contributed by atoms with Gasteiger partial charge in [0.1, 0.15) is 10.5 Å². The van der Waals surface area contributed by atoms with Crippen molar-refractivity contribution in [2.24, 2.45) is 5.18 Å². The number of hydrogen-bond donors (Lipinski definition) is 2. The molecule has 10 heteroatoms. The van der Waals surface area contributed by atoms with E-state index in [1.54, 1.807) is 0 Å². The van der Waals surface area contributed by atoms with Crippen LogP contribution in [0.5, 0.6) is 5.75 Å². The minimum absolute atomic E-state index is 0.163. The van der Waals surface area contributed by atoms with Gasteiger partial charge in [-0.2, -0.15) is 0 Å². The van der Waals surface area contributed by atoms with Gasteiger partial charge in [-0.05, 0) is 11.2 Å². The van der Waals surface area contributed by atoms with Crippen LogP contribution in [0.1, 0.15) is 0 Å². The largest absolute Gasteiger partial charge is 0.505 e. The number of aromatic hydroxyl groups is 1. The zero-order valence-corrected chi connectivity index (χ0v) is 10.3. The number of rotatable bonds is 2. The summed E-state index contributed by atoms with van der Waals surface area (Å²) in [7, 11) is 0. The van der Waals surface area contributed by atoms with Gasteiger partial charge in [-0.25, -0.2) is 0 Å². The van der Waals surface area contributed by atoms with Crippen LogP contribution in [-0.2, 0) is 0 Å². The summed E-state index contributed by atoms with van der Waals surface area (Å²) in [6, 6.07) is 1.02. The van der Waals surface area contributed by atoms with Crippen LogP contribution < -0.4 is 5.56 Å². The van der Waals surface area contributed by atoms with Crippen LogP contribution in [-0.4, -0.2) is 15.0 Å². The van der Waals surface area contributed by atoms with Gasteiger partial charge in [0.15, 0.2) is 5.75 Å². The molecule has 8 nitrogen and oxygen atoms in total. The quantitative estimate of drug-likeness (QED) is 0.501. The molecule has 1 aromatic carbocycles. The number of hydrogen-bond acceptors (Lipinski definition) is 6.